The van der Waals surface area contributed by atoms with Crippen LogP contribution in [-0.4, -0.2) is 49.4 Å². The second-order valence-electron chi connectivity index (χ2n) is 7.18. The first-order valence-corrected chi connectivity index (χ1v) is 9.42. The molecule has 0 radical (unpaired) electrons. The normalized spacial score (nSPS) is 23.1. The van der Waals surface area contributed by atoms with Gasteiger partial charge in [-0.3, -0.25) is 9.59 Å². The molecule has 2 N–H and O–H groups in total. The fraction of sp³-hybridized carbons (Fsp3) is 0.889. The summed E-state index contributed by atoms with van der Waals surface area (Å²) < 4.78 is 0. The molecule has 2 aliphatic heterocycles. The predicted molar refractivity (Wildman–Crippen MR) is 99.3 cm³/mol. The van der Waals surface area contributed by atoms with Crippen LogP contribution in [-0.2, 0) is 9.59 Å². The molecule has 2 aliphatic rings. The molecule has 0 bridgehead atoms. The van der Waals surface area contributed by atoms with Crippen molar-refractivity contribution >= 4 is 24.2 Å². The molecule has 2 saturated heterocycles. The number of nitrogens with zero attached hydrogens (tertiary/aromatic N) is 1. The van der Waals surface area contributed by atoms with E-state index in [0.29, 0.717) is 31.2 Å². The van der Waals surface area contributed by atoms with E-state index in [1.807, 2.05) is 4.90 Å². The van der Waals surface area contributed by atoms with Crippen LogP contribution in [0, 0.1) is 11.8 Å². The topological polar surface area (TPSA) is 61.4 Å². The molecular formula is C18H34ClN3O2. The molecule has 5 nitrogen and oxygen atoms in total. The molecule has 140 valence electrons. The number of carbonyl (C=O) groups is 2. The first-order chi connectivity index (χ1) is 11.2. The second-order valence-corrected chi connectivity index (χ2v) is 7.18. The molecule has 2 unspecified atom stereocenters. The molecular weight excluding hydrogens is 326 g/mol. The Morgan fingerprint density at radius 2 is 2.17 bits per heavy atom. The number of carbonyl (C=O) groups excluding carboxylic acids is 2. The molecule has 2 amide bonds. The zero-order valence-corrected chi connectivity index (χ0v) is 15.8. The number of piperidine rings is 1. The van der Waals surface area contributed by atoms with Crippen molar-refractivity contribution in [3.05, 3.63) is 0 Å². The molecule has 0 aromatic heterocycles. The zero-order chi connectivity index (χ0) is 16.5. The zero-order valence-electron chi connectivity index (χ0n) is 15.0. The third-order valence-corrected chi connectivity index (χ3v) is 5.25. The van der Waals surface area contributed by atoms with Gasteiger partial charge in [0.25, 0.3) is 0 Å². The van der Waals surface area contributed by atoms with E-state index >= 15 is 0 Å². The minimum Gasteiger partial charge on any atom is -0.356 e. The molecule has 0 aromatic carbocycles. The van der Waals surface area contributed by atoms with Gasteiger partial charge in [-0.2, -0.15) is 0 Å². The quantitative estimate of drug-likeness (QED) is 0.686. The molecule has 0 spiro atoms. The average Bonchev–Trinajstić information content (AvgIpc) is 2.77. The lowest BCUT2D eigenvalue weighted by Gasteiger charge is -2.28. The number of nitrogens with one attached hydrogen (secondary N) is 2. The van der Waals surface area contributed by atoms with Crippen molar-refractivity contribution in [1.29, 1.82) is 0 Å². The van der Waals surface area contributed by atoms with E-state index in [-0.39, 0.29) is 24.2 Å². The van der Waals surface area contributed by atoms with Crippen LogP contribution in [0.15, 0.2) is 0 Å². The highest BCUT2D eigenvalue weighted by atomic mass is 35.5. The fourth-order valence-corrected chi connectivity index (χ4v) is 3.67. The number of likely N-dealkylation sites (tertiary alicyclic amines) is 1. The smallest absolute Gasteiger partial charge is 0.222 e. The molecule has 6 heteroatoms. The number of rotatable bonds is 7. The van der Waals surface area contributed by atoms with Crippen molar-refractivity contribution in [3.63, 3.8) is 0 Å². The van der Waals surface area contributed by atoms with Gasteiger partial charge in [-0.1, -0.05) is 13.3 Å². The Hall–Kier alpha value is -0.810. The van der Waals surface area contributed by atoms with Gasteiger partial charge in [0.2, 0.25) is 11.8 Å². The summed E-state index contributed by atoms with van der Waals surface area (Å²) in [6.07, 6.45) is 7.93. The van der Waals surface area contributed by atoms with Gasteiger partial charge < -0.3 is 15.5 Å². The molecule has 2 fully saturated rings. The van der Waals surface area contributed by atoms with Crippen molar-refractivity contribution in [3.8, 4) is 0 Å². The number of amides is 2. The van der Waals surface area contributed by atoms with Crippen molar-refractivity contribution in [2.24, 2.45) is 11.8 Å². The van der Waals surface area contributed by atoms with Crippen LogP contribution in [0.1, 0.15) is 58.3 Å². The lowest BCUT2D eigenvalue weighted by molar-refractivity contribution is -0.130. The predicted octanol–water partition coefficient (Wildman–Crippen LogP) is 2.34. The van der Waals surface area contributed by atoms with E-state index in [1.54, 1.807) is 0 Å². The van der Waals surface area contributed by atoms with E-state index in [1.165, 1.54) is 12.8 Å². The molecule has 2 heterocycles. The highest BCUT2D eigenvalue weighted by molar-refractivity contribution is 5.85. The summed E-state index contributed by atoms with van der Waals surface area (Å²) in [5, 5.41) is 6.44. The standard InChI is InChI=1S/C18H33N3O2.ClH/c1-15(16-7-5-9-19-14-16)13-17(22)20-10-6-12-21-11-4-2-3-8-18(21)23;/h15-16,19H,2-14H2,1H3,(H,20,22);1H. The third kappa shape index (κ3) is 7.39. The number of hydrogen-bond donors (Lipinski definition) is 2. The van der Waals surface area contributed by atoms with Crippen LogP contribution in [0.25, 0.3) is 0 Å². The maximum atomic E-state index is 12.1. The van der Waals surface area contributed by atoms with E-state index in [2.05, 4.69) is 17.6 Å². The molecule has 24 heavy (non-hydrogen) atoms. The van der Waals surface area contributed by atoms with Gasteiger partial charge in [0.15, 0.2) is 0 Å². The lowest BCUT2D eigenvalue weighted by Crippen LogP contribution is -2.36. The summed E-state index contributed by atoms with van der Waals surface area (Å²) in [6, 6.07) is 0. The van der Waals surface area contributed by atoms with E-state index < -0.39 is 0 Å². The average molecular weight is 360 g/mol. The van der Waals surface area contributed by atoms with Gasteiger partial charge >= 0.3 is 0 Å². The van der Waals surface area contributed by atoms with Crippen LogP contribution in [0.4, 0.5) is 0 Å². The maximum absolute atomic E-state index is 12.1. The van der Waals surface area contributed by atoms with Gasteiger partial charge in [-0.05, 0) is 57.0 Å². The highest BCUT2D eigenvalue weighted by Gasteiger charge is 2.22. The Bertz CT molecular complexity index is 386. The molecule has 2 atom stereocenters. The Morgan fingerprint density at radius 1 is 1.33 bits per heavy atom. The van der Waals surface area contributed by atoms with E-state index in [9.17, 15) is 9.59 Å². The molecule has 0 saturated carbocycles. The van der Waals surface area contributed by atoms with Crippen molar-refractivity contribution in [2.75, 3.05) is 32.7 Å². The highest BCUT2D eigenvalue weighted by Crippen LogP contribution is 2.22. The van der Waals surface area contributed by atoms with E-state index in [0.717, 1.165) is 51.9 Å². The number of halogens is 1. The largest absolute Gasteiger partial charge is 0.356 e. The first-order valence-electron chi connectivity index (χ1n) is 9.42. The molecule has 0 aromatic rings. The maximum Gasteiger partial charge on any atom is 0.222 e. The monoisotopic (exact) mass is 359 g/mol. The SMILES string of the molecule is CC(CC(=O)NCCCN1CCCCCC1=O)C1CCCNC1.Cl. The molecule has 2 rings (SSSR count). The summed E-state index contributed by atoms with van der Waals surface area (Å²) in [5.74, 6) is 1.51. The summed E-state index contributed by atoms with van der Waals surface area (Å²) in [5.41, 5.74) is 0. The lowest BCUT2D eigenvalue weighted by atomic mass is 9.85. The minimum atomic E-state index is 0. The van der Waals surface area contributed by atoms with Gasteiger partial charge in [0.1, 0.15) is 0 Å². The van der Waals surface area contributed by atoms with Crippen LogP contribution < -0.4 is 10.6 Å². The Labute approximate surface area is 152 Å². The van der Waals surface area contributed by atoms with Gasteiger partial charge in [-0.15, -0.1) is 12.4 Å². The summed E-state index contributed by atoms with van der Waals surface area (Å²) in [4.78, 5) is 25.9. The van der Waals surface area contributed by atoms with Gasteiger partial charge in [-0.25, -0.2) is 0 Å². The Kier molecular flexibility index (Phi) is 10.3. The summed E-state index contributed by atoms with van der Waals surface area (Å²) in [6.45, 7) is 6.70. The van der Waals surface area contributed by atoms with Crippen LogP contribution in [0.3, 0.4) is 0 Å². The van der Waals surface area contributed by atoms with E-state index in [4.69, 9.17) is 0 Å². The second kappa shape index (κ2) is 11.7. The van der Waals surface area contributed by atoms with Crippen molar-refractivity contribution in [2.45, 2.75) is 58.3 Å². The third-order valence-electron chi connectivity index (χ3n) is 5.25. The van der Waals surface area contributed by atoms with Crippen LogP contribution in [0.2, 0.25) is 0 Å². The first kappa shape index (κ1) is 21.2. The van der Waals surface area contributed by atoms with Crippen LogP contribution in [0.5, 0.6) is 0 Å². The summed E-state index contributed by atoms with van der Waals surface area (Å²) >= 11 is 0. The summed E-state index contributed by atoms with van der Waals surface area (Å²) in [7, 11) is 0. The number of hydrogen-bond acceptors (Lipinski definition) is 3. The molecule has 0 aliphatic carbocycles. The fourth-order valence-electron chi connectivity index (χ4n) is 3.67. The Balaban J connectivity index is 0.00000288. The van der Waals surface area contributed by atoms with Gasteiger partial charge in [0.05, 0.1) is 0 Å². The van der Waals surface area contributed by atoms with Crippen LogP contribution >= 0.6 is 12.4 Å². The van der Waals surface area contributed by atoms with Crippen molar-refractivity contribution in [1.82, 2.24) is 15.5 Å². The Morgan fingerprint density at radius 3 is 2.92 bits per heavy atom. The minimum absolute atomic E-state index is 0. The van der Waals surface area contributed by atoms with Crippen molar-refractivity contribution < 1.29 is 9.59 Å². The van der Waals surface area contributed by atoms with Gasteiger partial charge in [0, 0.05) is 32.5 Å².